The first kappa shape index (κ1) is 31.3. The Morgan fingerprint density at radius 2 is 1.57 bits per heavy atom. The van der Waals surface area contributed by atoms with Gasteiger partial charge in [-0.3, -0.25) is 9.59 Å². The number of hydrogen-bond acceptors (Lipinski definition) is 7. The smallest absolute Gasteiger partial charge is 0.207 e. The third-order valence-electron chi connectivity index (χ3n) is 8.36. The predicted molar refractivity (Wildman–Crippen MR) is 164 cm³/mol. The summed E-state index contributed by atoms with van der Waals surface area (Å²) in [5, 5.41) is 43.7. The number of hydrogen-bond donors (Lipinski definition) is 4. The van der Waals surface area contributed by atoms with Crippen LogP contribution in [-0.2, 0) is 4.74 Å². The molecular formula is C35H42O7. The van der Waals surface area contributed by atoms with E-state index in [-0.39, 0.29) is 45.7 Å². The van der Waals surface area contributed by atoms with E-state index in [0.717, 1.165) is 31.3 Å². The lowest BCUT2D eigenvalue weighted by Gasteiger charge is -2.32. The Morgan fingerprint density at radius 3 is 2.26 bits per heavy atom. The van der Waals surface area contributed by atoms with Gasteiger partial charge >= 0.3 is 0 Å². The molecule has 1 aliphatic heterocycles. The highest BCUT2D eigenvalue weighted by Crippen LogP contribution is 2.49. The zero-order chi connectivity index (χ0) is 30.9. The number of phenolic OH excluding ortho intramolecular Hbond substituents is 3. The van der Waals surface area contributed by atoms with Crippen LogP contribution in [0.3, 0.4) is 0 Å². The summed E-state index contributed by atoms with van der Waals surface area (Å²) in [4.78, 5) is 27.1. The standard InChI is InChI=1S/C35H42O7/c1-19(2)15-25-17-24(18-42-25)12-8-11-20(3)9-7-10-21(4)13-14-35(41)33(39)28-26(36)16-22(5)27-29(28)30(34(35)40)32(38)23(6)31(27)37/h9,12-13,15-16,25,36-38,41H,7-8,10-11,14,17-18H2,1-6H3/b20-9+,21-13+,24-12-/t25?,35-/m0/s1. The molecule has 2 aromatic rings. The van der Waals surface area contributed by atoms with Crippen LogP contribution in [0.5, 0.6) is 17.2 Å². The molecule has 1 unspecified atom stereocenters. The van der Waals surface area contributed by atoms with Gasteiger partial charge in [0.15, 0.2) is 5.60 Å². The van der Waals surface area contributed by atoms with Crippen LogP contribution in [-0.4, -0.2) is 50.3 Å². The van der Waals surface area contributed by atoms with E-state index in [0.29, 0.717) is 18.6 Å². The van der Waals surface area contributed by atoms with Crippen LogP contribution >= 0.6 is 0 Å². The van der Waals surface area contributed by atoms with Crippen molar-refractivity contribution < 1.29 is 34.8 Å². The molecular weight excluding hydrogens is 532 g/mol. The minimum atomic E-state index is -2.48. The molecule has 0 saturated carbocycles. The molecule has 1 aliphatic carbocycles. The van der Waals surface area contributed by atoms with E-state index in [1.54, 1.807) is 13.0 Å². The Labute approximate surface area is 247 Å². The highest BCUT2D eigenvalue weighted by molar-refractivity contribution is 6.36. The lowest BCUT2D eigenvalue weighted by molar-refractivity contribution is 0.0294. The van der Waals surface area contributed by atoms with Gasteiger partial charge < -0.3 is 25.2 Å². The van der Waals surface area contributed by atoms with Gasteiger partial charge in [0.25, 0.3) is 0 Å². The van der Waals surface area contributed by atoms with Crippen molar-refractivity contribution in [1.29, 1.82) is 0 Å². The second-order valence-corrected chi connectivity index (χ2v) is 12.1. The number of Topliss-reactive ketones (excluding diaryl/α,β-unsaturated/α-hetero) is 2. The van der Waals surface area contributed by atoms with Crippen LogP contribution in [0, 0.1) is 13.8 Å². The van der Waals surface area contributed by atoms with Gasteiger partial charge in [0.1, 0.15) is 17.2 Å². The number of aromatic hydroxyl groups is 3. The molecule has 0 bridgehead atoms. The minimum Gasteiger partial charge on any atom is -0.507 e. The molecule has 4 N–H and O–H groups in total. The van der Waals surface area contributed by atoms with Gasteiger partial charge in [-0.05, 0) is 84.4 Å². The largest absolute Gasteiger partial charge is 0.507 e. The van der Waals surface area contributed by atoms with Crippen LogP contribution in [0.1, 0.15) is 98.1 Å². The number of carbonyl (C=O) groups excluding carboxylic acids is 2. The molecule has 1 heterocycles. The third kappa shape index (κ3) is 5.94. The van der Waals surface area contributed by atoms with Crippen molar-refractivity contribution in [2.45, 2.75) is 91.8 Å². The molecule has 7 heteroatoms. The molecule has 0 aromatic heterocycles. The fourth-order valence-electron chi connectivity index (χ4n) is 5.90. The molecule has 1 saturated heterocycles. The number of rotatable bonds is 9. The first-order chi connectivity index (χ1) is 19.8. The van der Waals surface area contributed by atoms with Crippen molar-refractivity contribution in [2.75, 3.05) is 6.61 Å². The molecule has 0 spiro atoms. The third-order valence-corrected chi connectivity index (χ3v) is 8.36. The second-order valence-electron chi connectivity index (χ2n) is 12.1. The van der Waals surface area contributed by atoms with Crippen molar-refractivity contribution in [3.63, 3.8) is 0 Å². The Morgan fingerprint density at radius 1 is 0.929 bits per heavy atom. The minimum absolute atomic E-state index is 0.0297. The quantitative estimate of drug-likeness (QED) is 0.184. The van der Waals surface area contributed by atoms with Crippen molar-refractivity contribution in [3.05, 3.63) is 74.9 Å². The van der Waals surface area contributed by atoms with Gasteiger partial charge in [0.2, 0.25) is 11.6 Å². The molecule has 0 radical (unpaired) electrons. The van der Waals surface area contributed by atoms with Crippen molar-refractivity contribution in [1.82, 2.24) is 0 Å². The monoisotopic (exact) mass is 574 g/mol. The van der Waals surface area contributed by atoms with E-state index in [1.807, 2.05) is 6.92 Å². The fourth-order valence-corrected chi connectivity index (χ4v) is 5.90. The zero-order valence-electron chi connectivity index (χ0n) is 25.4. The summed E-state index contributed by atoms with van der Waals surface area (Å²) in [6.45, 7) is 11.9. The molecule has 0 amide bonds. The summed E-state index contributed by atoms with van der Waals surface area (Å²) in [5.74, 6) is -3.08. The number of benzene rings is 2. The van der Waals surface area contributed by atoms with Crippen LogP contribution in [0.25, 0.3) is 10.8 Å². The van der Waals surface area contributed by atoms with Crippen molar-refractivity contribution in [2.24, 2.45) is 0 Å². The first-order valence-electron chi connectivity index (χ1n) is 14.5. The van der Waals surface area contributed by atoms with E-state index in [9.17, 15) is 30.0 Å². The van der Waals surface area contributed by atoms with Gasteiger partial charge in [-0.1, -0.05) is 41.0 Å². The molecule has 1 fully saturated rings. The molecule has 4 rings (SSSR count). The molecule has 224 valence electrons. The maximum atomic E-state index is 13.6. The Bertz CT molecular complexity index is 1570. The highest BCUT2D eigenvalue weighted by Gasteiger charge is 2.51. The SMILES string of the molecule is CC(C)=CC1C/C(=C/CC/C(C)=C/CC/C(C)=C/C[C@]2(O)C(=O)c3c(O)cc(C)c4c(O)c(C)c(O)c(c34)C2=O)CO1. The Hall–Kier alpha value is -3.68. The molecule has 2 atom stereocenters. The highest BCUT2D eigenvalue weighted by atomic mass is 16.5. The van der Waals surface area contributed by atoms with Gasteiger partial charge in [0, 0.05) is 29.2 Å². The number of carbonyl (C=O) groups is 2. The summed E-state index contributed by atoms with van der Waals surface area (Å²) in [6, 6.07) is 1.32. The Balaban J connectivity index is 1.43. The Kier molecular flexibility index (Phi) is 9.14. The number of aliphatic hydroxyl groups is 1. The normalized spacial score (nSPS) is 22.0. The number of allylic oxidation sites excluding steroid dienone is 5. The number of phenols is 3. The average Bonchev–Trinajstić information content (AvgIpc) is 3.35. The molecule has 7 nitrogen and oxygen atoms in total. The summed E-state index contributed by atoms with van der Waals surface area (Å²) >= 11 is 0. The average molecular weight is 575 g/mol. The molecule has 2 aliphatic rings. The van der Waals surface area contributed by atoms with Crippen LogP contribution in [0.15, 0.2) is 52.7 Å². The van der Waals surface area contributed by atoms with E-state index >= 15 is 0 Å². The van der Waals surface area contributed by atoms with E-state index in [1.165, 1.54) is 29.7 Å². The lowest BCUT2D eigenvalue weighted by Crippen LogP contribution is -2.49. The number of aryl methyl sites for hydroxylation is 1. The summed E-state index contributed by atoms with van der Waals surface area (Å²) in [5.41, 5.74) is 2.29. The zero-order valence-corrected chi connectivity index (χ0v) is 25.4. The van der Waals surface area contributed by atoms with Gasteiger partial charge in [-0.15, -0.1) is 0 Å². The summed E-state index contributed by atoms with van der Waals surface area (Å²) in [7, 11) is 0. The van der Waals surface area contributed by atoms with Gasteiger partial charge in [-0.25, -0.2) is 0 Å². The molecule has 42 heavy (non-hydrogen) atoms. The number of ether oxygens (including phenoxy) is 1. The summed E-state index contributed by atoms with van der Waals surface area (Å²) < 4.78 is 5.81. The van der Waals surface area contributed by atoms with Crippen molar-refractivity contribution >= 4 is 22.3 Å². The van der Waals surface area contributed by atoms with Crippen LogP contribution in [0.2, 0.25) is 0 Å². The maximum Gasteiger partial charge on any atom is 0.207 e. The first-order valence-corrected chi connectivity index (χ1v) is 14.5. The van der Waals surface area contributed by atoms with Gasteiger partial charge in [0.05, 0.1) is 23.8 Å². The van der Waals surface area contributed by atoms with E-state index in [2.05, 4.69) is 39.0 Å². The second kappa shape index (κ2) is 12.3. The maximum absolute atomic E-state index is 13.6. The fraction of sp³-hybridized carbons (Fsp3) is 0.429. The van der Waals surface area contributed by atoms with Crippen LogP contribution in [0.4, 0.5) is 0 Å². The van der Waals surface area contributed by atoms with E-state index in [4.69, 9.17) is 4.74 Å². The number of ketones is 2. The van der Waals surface area contributed by atoms with E-state index < -0.39 is 28.7 Å². The molecule has 2 aromatic carbocycles. The lowest BCUT2D eigenvalue weighted by atomic mass is 9.73. The van der Waals surface area contributed by atoms with Crippen molar-refractivity contribution in [3.8, 4) is 17.2 Å². The van der Waals surface area contributed by atoms with Crippen LogP contribution < -0.4 is 0 Å². The topological polar surface area (TPSA) is 124 Å². The predicted octanol–water partition coefficient (Wildman–Crippen LogP) is 7.21. The summed E-state index contributed by atoms with van der Waals surface area (Å²) in [6.07, 6.45) is 12.5. The van der Waals surface area contributed by atoms with Gasteiger partial charge in [-0.2, -0.15) is 0 Å².